The molecule has 4 nitrogen and oxygen atoms in total. The predicted octanol–water partition coefficient (Wildman–Crippen LogP) is 2.88. The summed E-state index contributed by atoms with van der Waals surface area (Å²) in [5, 5.41) is 2.94. The third-order valence-electron chi connectivity index (χ3n) is 3.22. The van der Waals surface area contributed by atoms with Crippen LogP contribution in [0.4, 0.5) is 0 Å². The average Bonchev–Trinajstić information content (AvgIpc) is 2.48. The van der Waals surface area contributed by atoms with E-state index < -0.39 is 0 Å². The van der Waals surface area contributed by atoms with Crippen LogP contribution in [-0.4, -0.2) is 36.4 Å². The first-order valence-corrected chi connectivity index (χ1v) is 7.48. The van der Waals surface area contributed by atoms with Gasteiger partial charge in [0, 0.05) is 17.2 Å². The standard InChI is InChI=1S/C16H18BrN3O/c1-20(2)15(12-6-4-3-5-7-12)11-19-16(21)14-9-8-13(17)10-18-14/h3-10,15H,11H2,1-2H3,(H,19,21). The van der Waals surface area contributed by atoms with Gasteiger partial charge in [0.25, 0.3) is 5.91 Å². The Labute approximate surface area is 133 Å². The van der Waals surface area contributed by atoms with Crippen molar-refractivity contribution in [3.05, 3.63) is 64.4 Å². The lowest BCUT2D eigenvalue weighted by Crippen LogP contribution is -2.34. The smallest absolute Gasteiger partial charge is 0.269 e. The molecule has 0 aliphatic heterocycles. The van der Waals surface area contributed by atoms with Crippen LogP contribution in [0.1, 0.15) is 22.1 Å². The second kappa shape index (κ2) is 7.33. The van der Waals surface area contributed by atoms with Gasteiger partial charge in [0.1, 0.15) is 5.69 Å². The number of nitrogens with one attached hydrogen (secondary N) is 1. The number of halogens is 1. The number of carbonyl (C=O) groups is 1. The van der Waals surface area contributed by atoms with Crippen LogP contribution in [-0.2, 0) is 0 Å². The van der Waals surface area contributed by atoms with Crippen molar-refractivity contribution in [1.29, 1.82) is 0 Å². The molecule has 2 rings (SSSR count). The van der Waals surface area contributed by atoms with Crippen molar-refractivity contribution >= 4 is 21.8 Å². The Morgan fingerprint density at radius 3 is 2.52 bits per heavy atom. The third kappa shape index (κ3) is 4.37. The lowest BCUT2D eigenvalue weighted by atomic mass is 10.1. The molecule has 0 aliphatic carbocycles. The van der Waals surface area contributed by atoms with Gasteiger partial charge < -0.3 is 10.2 Å². The molecule has 110 valence electrons. The number of carbonyl (C=O) groups excluding carboxylic acids is 1. The summed E-state index contributed by atoms with van der Waals surface area (Å²) in [6.45, 7) is 0.535. The van der Waals surface area contributed by atoms with E-state index in [4.69, 9.17) is 0 Å². The summed E-state index contributed by atoms with van der Waals surface area (Å²) in [5.41, 5.74) is 1.59. The van der Waals surface area contributed by atoms with Crippen LogP contribution in [0, 0.1) is 0 Å². The van der Waals surface area contributed by atoms with Gasteiger partial charge in [0.05, 0.1) is 6.04 Å². The molecular weight excluding hydrogens is 330 g/mol. The monoisotopic (exact) mass is 347 g/mol. The van der Waals surface area contributed by atoms with Gasteiger partial charge in [-0.25, -0.2) is 4.98 Å². The van der Waals surface area contributed by atoms with E-state index in [1.54, 1.807) is 12.3 Å². The first-order valence-electron chi connectivity index (χ1n) is 6.69. The van der Waals surface area contributed by atoms with Crippen LogP contribution >= 0.6 is 15.9 Å². The minimum absolute atomic E-state index is 0.130. The van der Waals surface area contributed by atoms with Gasteiger partial charge in [0.2, 0.25) is 0 Å². The van der Waals surface area contributed by atoms with E-state index in [0.717, 1.165) is 4.47 Å². The van der Waals surface area contributed by atoms with E-state index in [2.05, 4.69) is 43.3 Å². The largest absolute Gasteiger partial charge is 0.349 e. The van der Waals surface area contributed by atoms with Gasteiger partial charge in [-0.2, -0.15) is 0 Å². The van der Waals surface area contributed by atoms with Crippen LogP contribution in [0.3, 0.4) is 0 Å². The molecule has 2 aromatic rings. The number of hydrogen-bond acceptors (Lipinski definition) is 3. The van der Waals surface area contributed by atoms with Crippen LogP contribution in [0.5, 0.6) is 0 Å². The molecule has 0 radical (unpaired) electrons. The maximum atomic E-state index is 12.1. The quantitative estimate of drug-likeness (QED) is 0.904. The van der Waals surface area contributed by atoms with Gasteiger partial charge in [0.15, 0.2) is 0 Å². The highest BCUT2D eigenvalue weighted by atomic mass is 79.9. The van der Waals surface area contributed by atoms with E-state index in [1.165, 1.54) is 5.56 Å². The highest BCUT2D eigenvalue weighted by Gasteiger charge is 2.15. The molecule has 0 aliphatic rings. The summed E-state index contributed by atoms with van der Waals surface area (Å²) in [5.74, 6) is -0.162. The number of amides is 1. The van der Waals surface area contributed by atoms with Crippen molar-refractivity contribution in [2.45, 2.75) is 6.04 Å². The van der Waals surface area contributed by atoms with Crippen LogP contribution < -0.4 is 5.32 Å². The molecule has 1 heterocycles. The molecule has 0 fully saturated rings. The maximum absolute atomic E-state index is 12.1. The molecule has 1 unspecified atom stereocenters. The highest BCUT2D eigenvalue weighted by Crippen LogP contribution is 2.16. The SMILES string of the molecule is CN(C)C(CNC(=O)c1ccc(Br)cn1)c1ccccc1. The van der Waals surface area contributed by atoms with Crippen molar-refractivity contribution in [1.82, 2.24) is 15.2 Å². The minimum Gasteiger partial charge on any atom is -0.349 e. The fraction of sp³-hybridized carbons (Fsp3) is 0.250. The molecule has 21 heavy (non-hydrogen) atoms. The summed E-state index contributed by atoms with van der Waals surface area (Å²) >= 11 is 3.31. The lowest BCUT2D eigenvalue weighted by molar-refractivity contribution is 0.0937. The van der Waals surface area contributed by atoms with E-state index in [9.17, 15) is 4.79 Å². The molecule has 1 amide bonds. The van der Waals surface area contributed by atoms with E-state index in [-0.39, 0.29) is 11.9 Å². The van der Waals surface area contributed by atoms with Gasteiger partial charge >= 0.3 is 0 Å². The number of likely N-dealkylation sites (N-methyl/N-ethyl adjacent to an activating group) is 1. The normalized spacial score (nSPS) is 12.2. The van der Waals surface area contributed by atoms with E-state index in [0.29, 0.717) is 12.2 Å². The Morgan fingerprint density at radius 2 is 1.95 bits per heavy atom. The molecule has 1 atom stereocenters. The molecule has 0 spiro atoms. The summed E-state index contributed by atoms with van der Waals surface area (Å²) in [6, 6.07) is 13.8. The van der Waals surface area contributed by atoms with Crippen molar-refractivity contribution < 1.29 is 4.79 Å². The van der Waals surface area contributed by atoms with Crippen LogP contribution in [0.15, 0.2) is 53.1 Å². The predicted molar refractivity (Wildman–Crippen MR) is 87.1 cm³/mol. The second-order valence-electron chi connectivity index (χ2n) is 4.96. The first-order chi connectivity index (χ1) is 10.1. The van der Waals surface area contributed by atoms with Gasteiger partial charge in [-0.05, 0) is 47.7 Å². The minimum atomic E-state index is -0.162. The third-order valence-corrected chi connectivity index (χ3v) is 3.69. The molecule has 1 aromatic carbocycles. The van der Waals surface area contributed by atoms with E-state index >= 15 is 0 Å². The summed E-state index contributed by atoms with van der Waals surface area (Å²) in [7, 11) is 4.00. The molecule has 0 saturated carbocycles. The highest BCUT2D eigenvalue weighted by molar-refractivity contribution is 9.10. The Hall–Kier alpha value is -1.72. The van der Waals surface area contributed by atoms with E-state index in [1.807, 2.05) is 38.4 Å². The zero-order chi connectivity index (χ0) is 15.2. The fourth-order valence-corrected chi connectivity index (χ4v) is 2.30. The number of benzene rings is 1. The number of pyridine rings is 1. The van der Waals surface area contributed by atoms with Crippen molar-refractivity contribution in [2.24, 2.45) is 0 Å². The van der Waals surface area contributed by atoms with Gasteiger partial charge in [-0.15, -0.1) is 0 Å². The summed E-state index contributed by atoms with van der Waals surface area (Å²) < 4.78 is 0.856. The Kier molecular flexibility index (Phi) is 5.47. The Bertz CT molecular complexity index is 584. The summed E-state index contributed by atoms with van der Waals surface area (Å²) in [6.07, 6.45) is 1.62. The van der Waals surface area contributed by atoms with Crippen LogP contribution in [0.25, 0.3) is 0 Å². The zero-order valence-corrected chi connectivity index (χ0v) is 13.7. The topological polar surface area (TPSA) is 45.2 Å². The van der Waals surface area contributed by atoms with Crippen molar-refractivity contribution in [3.63, 3.8) is 0 Å². The molecule has 1 N–H and O–H groups in total. The van der Waals surface area contributed by atoms with Crippen molar-refractivity contribution in [2.75, 3.05) is 20.6 Å². The molecule has 5 heteroatoms. The number of hydrogen-bond donors (Lipinski definition) is 1. The molecule has 0 bridgehead atoms. The zero-order valence-electron chi connectivity index (χ0n) is 12.1. The molecule has 1 aromatic heterocycles. The molecular formula is C16H18BrN3O. The van der Waals surface area contributed by atoms with Crippen molar-refractivity contribution in [3.8, 4) is 0 Å². The Morgan fingerprint density at radius 1 is 1.24 bits per heavy atom. The Balaban J connectivity index is 2.02. The van der Waals surface area contributed by atoms with Gasteiger partial charge in [-0.1, -0.05) is 30.3 Å². The number of nitrogens with zero attached hydrogens (tertiary/aromatic N) is 2. The maximum Gasteiger partial charge on any atom is 0.269 e. The van der Waals surface area contributed by atoms with Crippen LogP contribution in [0.2, 0.25) is 0 Å². The fourth-order valence-electron chi connectivity index (χ4n) is 2.06. The van der Waals surface area contributed by atoms with Gasteiger partial charge in [-0.3, -0.25) is 4.79 Å². The number of rotatable bonds is 5. The second-order valence-corrected chi connectivity index (χ2v) is 5.88. The molecule has 0 saturated heterocycles. The number of aromatic nitrogens is 1. The summed E-state index contributed by atoms with van der Waals surface area (Å²) in [4.78, 5) is 18.3. The first kappa shape index (κ1) is 15.7. The average molecular weight is 348 g/mol. The lowest BCUT2D eigenvalue weighted by Gasteiger charge is -2.25.